The molecule has 4 heteroatoms. The number of amides is 1. The first-order valence-corrected chi connectivity index (χ1v) is 6.22. The Labute approximate surface area is 108 Å². The molecule has 0 aliphatic heterocycles. The lowest BCUT2D eigenvalue weighted by Crippen LogP contribution is -2.34. The van der Waals surface area contributed by atoms with Crippen LogP contribution in [0.25, 0.3) is 0 Å². The van der Waals surface area contributed by atoms with Gasteiger partial charge >= 0.3 is 0 Å². The standard InChI is InChI=1S/C14H21NO3/c1-11-6-3-4-7-13(11)18-9-5-8-14(17)15-12(2)10-16/h3-4,6-7,12,16H,5,8-10H2,1-2H3,(H,15,17)/t12-/m1/s1. The van der Waals surface area contributed by atoms with Crippen LogP contribution in [-0.2, 0) is 4.79 Å². The number of nitrogens with one attached hydrogen (secondary N) is 1. The average Bonchev–Trinajstić information content (AvgIpc) is 2.36. The third-order valence-corrected chi connectivity index (χ3v) is 2.58. The van der Waals surface area contributed by atoms with Gasteiger partial charge in [0.25, 0.3) is 0 Å². The molecule has 0 saturated carbocycles. The Morgan fingerprint density at radius 3 is 2.83 bits per heavy atom. The molecule has 0 unspecified atom stereocenters. The number of rotatable bonds is 7. The van der Waals surface area contributed by atoms with E-state index in [1.54, 1.807) is 6.92 Å². The van der Waals surface area contributed by atoms with Crippen LogP contribution in [0.5, 0.6) is 5.75 Å². The summed E-state index contributed by atoms with van der Waals surface area (Å²) in [6, 6.07) is 7.62. The molecule has 100 valence electrons. The molecule has 0 bridgehead atoms. The van der Waals surface area contributed by atoms with Crippen LogP contribution in [0, 0.1) is 6.92 Å². The van der Waals surface area contributed by atoms with Gasteiger partial charge in [-0.05, 0) is 31.9 Å². The van der Waals surface area contributed by atoms with E-state index in [0.29, 0.717) is 19.4 Å². The highest BCUT2D eigenvalue weighted by atomic mass is 16.5. The summed E-state index contributed by atoms with van der Waals surface area (Å²) in [6.45, 7) is 4.24. The minimum Gasteiger partial charge on any atom is -0.493 e. The fraction of sp³-hybridized carbons (Fsp3) is 0.500. The smallest absolute Gasteiger partial charge is 0.220 e. The molecule has 0 spiro atoms. The third-order valence-electron chi connectivity index (χ3n) is 2.58. The van der Waals surface area contributed by atoms with Crippen LogP contribution in [0.15, 0.2) is 24.3 Å². The molecule has 1 aromatic carbocycles. The molecule has 0 aliphatic rings. The molecule has 1 amide bonds. The van der Waals surface area contributed by atoms with Gasteiger partial charge in [-0.15, -0.1) is 0 Å². The van der Waals surface area contributed by atoms with Gasteiger partial charge in [0.2, 0.25) is 5.91 Å². The SMILES string of the molecule is Cc1ccccc1OCCCC(=O)N[C@H](C)CO. The number of ether oxygens (including phenoxy) is 1. The maximum atomic E-state index is 11.4. The molecule has 18 heavy (non-hydrogen) atoms. The van der Waals surface area contributed by atoms with Crippen LogP contribution >= 0.6 is 0 Å². The quantitative estimate of drug-likeness (QED) is 0.724. The number of carbonyl (C=O) groups is 1. The molecule has 0 aliphatic carbocycles. The zero-order valence-electron chi connectivity index (χ0n) is 11.0. The summed E-state index contributed by atoms with van der Waals surface area (Å²) in [5.74, 6) is 0.812. The van der Waals surface area contributed by atoms with E-state index in [0.717, 1.165) is 11.3 Å². The first-order valence-electron chi connectivity index (χ1n) is 6.22. The van der Waals surface area contributed by atoms with Crippen LogP contribution in [-0.4, -0.2) is 30.3 Å². The Kier molecular flexibility index (Phi) is 6.22. The minimum absolute atomic E-state index is 0.0363. The molecule has 1 atom stereocenters. The highest BCUT2D eigenvalue weighted by Gasteiger charge is 2.05. The molecule has 1 aromatic rings. The van der Waals surface area contributed by atoms with Gasteiger partial charge in [-0.2, -0.15) is 0 Å². The predicted octanol–water partition coefficient (Wildman–Crippen LogP) is 1.65. The van der Waals surface area contributed by atoms with E-state index >= 15 is 0 Å². The molecule has 0 fully saturated rings. The number of aliphatic hydroxyl groups is 1. The van der Waals surface area contributed by atoms with Crippen molar-refractivity contribution in [1.29, 1.82) is 0 Å². The maximum Gasteiger partial charge on any atom is 0.220 e. The van der Waals surface area contributed by atoms with Crippen LogP contribution < -0.4 is 10.1 Å². The van der Waals surface area contributed by atoms with Crippen LogP contribution in [0.4, 0.5) is 0 Å². The Bertz CT molecular complexity index is 379. The van der Waals surface area contributed by atoms with Gasteiger partial charge in [0, 0.05) is 12.5 Å². The lowest BCUT2D eigenvalue weighted by atomic mass is 10.2. The highest BCUT2D eigenvalue weighted by Crippen LogP contribution is 2.16. The minimum atomic E-state index is -0.185. The van der Waals surface area contributed by atoms with E-state index in [4.69, 9.17) is 9.84 Å². The van der Waals surface area contributed by atoms with Crippen molar-refractivity contribution in [2.45, 2.75) is 32.7 Å². The Balaban J connectivity index is 2.19. The molecule has 0 saturated heterocycles. The lowest BCUT2D eigenvalue weighted by molar-refractivity contribution is -0.122. The second-order valence-corrected chi connectivity index (χ2v) is 4.37. The summed E-state index contributed by atoms with van der Waals surface area (Å²) in [5, 5.41) is 11.5. The molecule has 0 aromatic heterocycles. The van der Waals surface area contributed by atoms with Gasteiger partial charge in [-0.1, -0.05) is 18.2 Å². The zero-order chi connectivity index (χ0) is 13.4. The first kappa shape index (κ1) is 14.5. The van der Waals surface area contributed by atoms with Gasteiger partial charge in [-0.25, -0.2) is 0 Å². The van der Waals surface area contributed by atoms with Gasteiger partial charge in [0.15, 0.2) is 0 Å². The summed E-state index contributed by atoms with van der Waals surface area (Å²) in [5.41, 5.74) is 1.09. The number of hydrogen-bond acceptors (Lipinski definition) is 3. The number of carbonyl (C=O) groups excluding carboxylic acids is 1. The van der Waals surface area contributed by atoms with Crippen molar-refractivity contribution in [3.8, 4) is 5.75 Å². The van der Waals surface area contributed by atoms with E-state index in [-0.39, 0.29) is 18.6 Å². The molecule has 2 N–H and O–H groups in total. The van der Waals surface area contributed by atoms with Crippen molar-refractivity contribution >= 4 is 5.91 Å². The maximum absolute atomic E-state index is 11.4. The third kappa shape index (κ3) is 5.19. The number of benzene rings is 1. The molecule has 0 radical (unpaired) electrons. The number of aliphatic hydroxyl groups excluding tert-OH is 1. The van der Waals surface area contributed by atoms with Gasteiger partial charge in [0.1, 0.15) is 5.75 Å². The molecular weight excluding hydrogens is 230 g/mol. The van der Waals surface area contributed by atoms with E-state index in [2.05, 4.69) is 5.32 Å². The monoisotopic (exact) mass is 251 g/mol. The molecule has 0 heterocycles. The summed E-state index contributed by atoms with van der Waals surface area (Å²) in [4.78, 5) is 11.4. The second-order valence-electron chi connectivity index (χ2n) is 4.37. The zero-order valence-corrected chi connectivity index (χ0v) is 11.0. The van der Waals surface area contributed by atoms with E-state index in [1.165, 1.54) is 0 Å². The average molecular weight is 251 g/mol. The summed E-state index contributed by atoms with van der Waals surface area (Å²) in [7, 11) is 0. The second kappa shape index (κ2) is 7.71. The summed E-state index contributed by atoms with van der Waals surface area (Å²) >= 11 is 0. The van der Waals surface area contributed by atoms with Crippen LogP contribution in [0.3, 0.4) is 0 Å². The number of aryl methyl sites for hydroxylation is 1. The molecule has 4 nitrogen and oxygen atoms in total. The van der Waals surface area contributed by atoms with Crippen molar-refractivity contribution in [1.82, 2.24) is 5.32 Å². The predicted molar refractivity (Wildman–Crippen MR) is 70.6 cm³/mol. The number of para-hydroxylation sites is 1. The molecule has 1 rings (SSSR count). The highest BCUT2D eigenvalue weighted by molar-refractivity contribution is 5.76. The van der Waals surface area contributed by atoms with Gasteiger partial charge in [0.05, 0.1) is 13.2 Å². The van der Waals surface area contributed by atoms with Crippen LogP contribution in [0.2, 0.25) is 0 Å². The van der Waals surface area contributed by atoms with E-state index in [9.17, 15) is 4.79 Å². The van der Waals surface area contributed by atoms with Crippen LogP contribution in [0.1, 0.15) is 25.3 Å². The van der Waals surface area contributed by atoms with Crippen molar-refractivity contribution in [2.75, 3.05) is 13.2 Å². The van der Waals surface area contributed by atoms with Crippen molar-refractivity contribution in [3.05, 3.63) is 29.8 Å². The van der Waals surface area contributed by atoms with Crippen molar-refractivity contribution < 1.29 is 14.6 Å². The summed E-state index contributed by atoms with van der Waals surface area (Å²) < 4.78 is 5.59. The Morgan fingerprint density at radius 2 is 2.17 bits per heavy atom. The molecular formula is C14H21NO3. The fourth-order valence-corrected chi connectivity index (χ4v) is 1.53. The van der Waals surface area contributed by atoms with Crippen molar-refractivity contribution in [2.24, 2.45) is 0 Å². The fourth-order valence-electron chi connectivity index (χ4n) is 1.53. The van der Waals surface area contributed by atoms with E-state index < -0.39 is 0 Å². The van der Waals surface area contributed by atoms with E-state index in [1.807, 2.05) is 31.2 Å². The van der Waals surface area contributed by atoms with Crippen molar-refractivity contribution in [3.63, 3.8) is 0 Å². The van der Waals surface area contributed by atoms with Gasteiger partial charge < -0.3 is 15.2 Å². The largest absolute Gasteiger partial charge is 0.493 e. The lowest BCUT2D eigenvalue weighted by Gasteiger charge is -2.11. The Hall–Kier alpha value is -1.55. The van der Waals surface area contributed by atoms with Gasteiger partial charge in [-0.3, -0.25) is 4.79 Å². The Morgan fingerprint density at radius 1 is 1.44 bits per heavy atom. The topological polar surface area (TPSA) is 58.6 Å². The normalized spacial score (nSPS) is 11.9. The first-order chi connectivity index (χ1) is 8.63. The number of hydrogen-bond donors (Lipinski definition) is 2. The summed E-state index contributed by atoms with van der Waals surface area (Å²) in [6.07, 6.45) is 1.08.